The van der Waals surface area contributed by atoms with Crippen molar-refractivity contribution in [3.8, 4) is 0 Å². The maximum Gasteiger partial charge on any atom is 0.303 e. The summed E-state index contributed by atoms with van der Waals surface area (Å²) in [6.07, 6.45) is 6.49. The maximum atomic E-state index is 13.6. The Bertz CT molecular complexity index is 835. The lowest BCUT2D eigenvalue weighted by Crippen LogP contribution is -1.95. The number of fused-ring (bicyclic) bond motifs is 1. The molecule has 0 unspecified atom stereocenters. The monoisotopic (exact) mass is 340 g/mol. The molecule has 0 spiro atoms. The van der Waals surface area contributed by atoms with Crippen molar-refractivity contribution in [1.29, 1.82) is 0 Å². The quantitative estimate of drug-likeness (QED) is 0.746. The SMILES string of the molecule is CSc1ccc(/C=C2/C=C(CCC(=O)O)c3cc(F)ccc32)cc1. The molecule has 0 aliphatic heterocycles. The van der Waals surface area contributed by atoms with Gasteiger partial charge in [-0.3, -0.25) is 4.79 Å². The predicted octanol–water partition coefficient (Wildman–Crippen LogP) is 5.35. The molecule has 0 radical (unpaired) electrons. The molecule has 0 saturated heterocycles. The van der Waals surface area contributed by atoms with E-state index in [0.29, 0.717) is 6.42 Å². The minimum absolute atomic E-state index is 0.0392. The fourth-order valence-electron chi connectivity index (χ4n) is 2.82. The number of hydrogen-bond acceptors (Lipinski definition) is 2. The van der Waals surface area contributed by atoms with Crippen molar-refractivity contribution in [2.45, 2.75) is 17.7 Å². The third kappa shape index (κ3) is 3.60. The van der Waals surface area contributed by atoms with Crippen LogP contribution in [0.2, 0.25) is 0 Å². The van der Waals surface area contributed by atoms with E-state index in [9.17, 15) is 9.18 Å². The fraction of sp³-hybridized carbons (Fsp3) is 0.150. The molecule has 1 N–H and O–H groups in total. The summed E-state index contributed by atoms with van der Waals surface area (Å²) < 4.78 is 13.6. The Kier molecular flexibility index (Phi) is 4.86. The Morgan fingerprint density at radius 2 is 1.92 bits per heavy atom. The molecule has 0 atom stereocenters. The summed E-state index contributed by atoms with van der Waals surface area (Å²) in [5, 5.41) is 8.91. The van der Waals surface area contributed by atoms with Crippen LogP contribution in [0.25, 0.3) is 17.2 Å². The summed E-state index contributed by atoms with van der Waals surface area (Å²) in [6.45, 7) is 0. The van der Waals surface area contributed by atoms with E-state index in [1.807, 2.05) is 24.5 Å². The normalized spacial score (nSPS) is 14.6. The van der Waals surface area contributed by atoms with E-state index in [2.05, 4.69) is 18.2 Å². The Labute approximate surface area is 144 Å². The van der Waals surface area contributed by atoms with Gasteiger partial charge in [-0.2, -0.15) is 0 Å². The fourth-order valence-corrected chi connectivity index (χ4v) is 3.23. The van der Waals surface area contributed by atoms with Crippen molar-refractivity contribution >= 4 is 35.0 Å². The molecule has 122 valence electrons. The second-order valence-corrected chi connectivity index (χ2v) is 6.51. The van der Waals surface area contributed by atoms with Crippen LogP contribution >= 0.6 is 11.8 Å². The van der Waals surface area contributed by atoms with Crippen LogP contribution in [0.15, 0.2) is 53.4 Å². The lowest BCUT2D eigenvalue weighted by atomic mass is 10.0. The molecular formula is C20H17FO2S. The average Bonchev–Trinajstić information content (AvgIpc) is 2.90. The number of carbonyl (C=O) groups is 1. The van der Waals surface area contributed by atoms with Crippen LogP contribution in [-0.4, -0.2) is 17.3 Å². The zero-order valence-corrected chi connectivity index (χ0v) is 14.1. The molecule has 1 aliphatic rings. The molecule has 0 heterocycles. The molecule has 4 heteroatoms. The number of halogens is 1. The summed E-state index contributed by atoms with van der Waals surface area (Å²) in [5.41, 5.74) is 4.67. The van der Waals surface area contributed by atoms with Crippen LogP contribution in [-0.2, 0) is 4.79 Å². The molecule has 1 aliphatic carbocycles. The van der Waals surface area contributed by atoms with Crippen molar-refractivity contribution in [3.05, 3.63) is 71.0 Å². The first-order valence-electron chi connectivity index (χ1n) is 7.65. The standard InChI is InChI=1S/C20H17FO2S/c1-24-17-6-2-13(3-7-17)10-15-11-14(4-9-20(22)23)19-12-16(21)5-8-18(15)19/h2-3,5-8,10-12H,4,9H2,1H3,(H,22,23)/b15-10-. The summed E-state index contributed by atoms with van der Waals surface area (Å²) in [4.78, 5) is 12.0. The number of carboxylic acid groups (broad SMARTS) is 1. The molecule has 0 amide bonds. The number of rotatable bonds is 5. The number of allylic oxidation sites excluding steroid dienone is 3. The largest absolute Gasteiger partial charge is 0.481 e. The first kappa shape index (κ1) is 16.5. The average molecular weight is 340 g/mol. The van der Waals surface area contributed by atoms with E-state index in [0.717, 1.165) is 27.8 Å². The van der Waals surface area contributed by atoms with Crippen LogP contribution < -0.4 is 0 Å². The highest BCUT2D eigenvalue weighted by Crippen LogP contribution is 2.39. The van der Waals surface area contributed by atoms with Crippen molar-refractivity contribution < 1.29 is 14.3 Å². The Balaban J connectivity index is 1.97. The van der Waals surface area contributed by atoms with Crippen molar-refractivity contribution in [1.82, 2.24) is 0 Å². The first-order valence-corrected chi connectivity index (χ1v) is 8.88. The van der Waals surface area contributed by atoms with E-state index >= 15 is 0 Å². The van der Waals surface area contributed by atoms with Gasteiger partial charge in [-0.15, -0.1) is 11.8 Å². The maximum absolute atomic E-state index is 13.6. The number of carboxylic acids is 1. The molecule has 0 fully saturated rings. The molecule has 0 aromatic heterocycles. The smallest absolute Gasteiger partial charge is 0.303 e. The van der Waals surface area contributed by atoms with Gasteiger partial charge in [-0.1, -0.05) is 24.3 Å². The van der Waals surface area contributed by atoms with E-state index in [-0.39, 0.29) is 12.2 Å². The lowest BCUT2D eigenvalue weighted by Gasteiger charge is -2.05. The highest BCUT2D eigenvalue weighted by atomic mass is 32.2. The van der Waals surface area contributed by atoms with Crippen molar-refractivity contribution in [2.75, 3.05) is 6.26 Å². The van der Waals surface area contributed by atoms with E-state index in [1.54, 1.807) is 17.8 Å². The van der Waals surface area contributed by atoms with Crippen LogP contribution in [0.5, 0.6) is 0 Å². The summed E-state index contributed by atoms with van der Waals surface area (Å²) in [6, 6.07) is 12.9. The van der Waals surface area contributed by atoms with Crippen LogP contribution in [0.3, 0.4) is 0 Å². The minimum Gasteiger partial charge on any atom is -0.481 e. The van der Waals surface area contributed by atoms with Crippen molar-refractivity contribution in [2.24, 2.45) is 0 Å². The third-order valence-electron chi connectivity index (χ3n) is 4.01. The predicted molar refractivity (Wildman–Crippen MR) is 97.3 cm³/mol. The minimum atomic E-state index is -0.848. The highest BCUT2D eigenvalue weighted by molar-refractivity contribution is 7.98. The van der Waals surface area contributed by atoms with Gasteiger partial charge in [-0.25, -0.2) is 4.39 Å². The Hall–Kier alpha value is -2.33. The van der Waals surface area contributed by atoms with E-state index in [4.69, 9.17) is 5.11 Å². The topological polar surface area (TPSA) is 37.3 Å². The molecule has 0 bridgehead atoms. The van der Waals surface area contributed by atoms with Gasteiger partial charge >= 0.3 is 5.97 Å². The van der Waals surface area contributed by atoms with Gasteiger partial charge in [0.25, 0.3) is 0 Å². The van der Waals surface area contributed by atoms with Gasteiger partial charge in [0, 0.05) is 11.3 Å². The molecule has 2 aromatic carbocycles. The third-order valence-corrected chi connectivity index (χ3v) is 4.76. The number of thioether (sulfide) groups is 1. The number of hydrogen-bond donors (Lipinski definition) is 1. The molecular weight excluding hydrogens is 323 g/mol. The van der Waals surface area contributed by atoms with E-state index < -0.39 is 5.97 Å². The lowest BCUT2D eigenvalue weighted by molar-refractivity contribution is -0.136. The first-order chi connectivity index (χ1) is 11.6. The van der Waals surface area contributed by atoms with Crippen LogP contribution in [0.4, 0.5) is 4.39 Å². The van der Waals surface area contributed by atoms with Crippen LogP contribution in [0, 0.1) is 5.82 Å². The molecule has 2 nitrogen and oxygen atoms in total. The van der Waals surface area contributed by atoms with Crippen molar-refractivity contribution in [3.63, 3.8) is 0 Å². The van der Waals surface area contributed by atoms with Gasteiger partial charge < -0.3 is 5.11 Å². The van der Waals surface area contributed by atoms with Gasteiger partial charge in [-0.05, 0) is 70.9 Å². The zero-order chi connectivity index (χ0) is 17.1. The second-order valence-electron chi connectivity index (χ2n) is 5.63. The summed E-state index contributed by atoms with van der Waals surface area (Å²) >= 11 is 1.69. The van der Waals surface area contributed by atoms with Gasteiger partial charge in [0.05, 0.1) is 0 Å². The highest BCUT2D eigenvalue weighted by Gasteiger charge is 2.19. The molecule has 2 aromatic rings. The number of aliphatic carboxylic acids is 1. The molecule has 0 saturated carbocycles. The van der Waals surface area contributed by atoms with Crippen LogP contribution in [0.1, 0.15) is 29.5 Å². The summed E-state index contributed by atoms with van der Waals surface area (Å²) in [7, 11) is 0. The molecule has 24 heavy (non-hydrogen) atoms. The molecule has 3 rings (SSSR count). The Morgan fingerprint density at radius 1 is 1.17 bits per heavy atom. The van der Waals surface area contributed by atoms with Gasteiger partial charge in [0.15, 0.2) is 0 Å². The zero-order valence-electron chi connectivity index (χ0n) is 13.3. The van der Waals surface area contributed by atoms with E-state index in [1.165, 1.54) is 17.0 Å². The number of benzene rings is 2. The second kappa shape index (κ2) is 7.05. The Morgan fingerprint density at radius 3 is 2.58 bits per heavy atom. The van der Waals surface area contributed by atoms with Gasteiger partial charge in [0.1, 0.15) is 5.82 Å². The van der Waals surface area contributed by atoms with Gasteiger partial charge in [0.2, 0.25) is 0 Å². The summed E-state index contributed by atoms with van der Waals surface area (Å²) in [5.74, 6) is -1.15.